The SMILES string of the molecule is O=C1CSC(N2CCSC/C2=C\c2ccccc2)=N1. The van der Waals surface area contributed by atoms with Crippen molar-refractivity contribution in [3.63, 3.8) is 0 Å². The summed E-state index contributed by atoms with van der Waals surface area (Å²) in [6.45, 7) is 0.933. The highest BCUT2D eigenvalue weighted by Crippen LogP contribution is 2.27. The topological polar surface area (TPSA) is 32.7 Å². The highest BCUT2D eigenvalue weighted by Gasteiger charge is 2.25. The molecule has 0 atom stereocenters. The van der Waals surface area contributed by atoms with Crippen molar-refractivity contribution in [3.05, 3.63) is 41.6 Å². The molecule has 1 fully saturated rings. The quantitative estimate of drug-likeness (QED) is 0.796. The maximum atomic E-state index is 11.3. The molecule has 1 saturated heterocycles. The molecule has 1 aromatic rings. The van der Waals surface area contributed by atoms with Gasteiger partial charge >= 0.3 is 0 Å². The predicted molar refractivity (Wildman–Crippen MR) is 83.4 cm³/mol. The lowest BCUT2D eigenvalue weighted by molar-refractivity contribution is -0.115. The number of hydrogen-bond donors (Lipinski definition) is 0. The number of amides is 1. The zero-order chi connectivity index (χ0) is 13.1. The fourth-order valence-electron chi connectivity index (χ4n) is 2.07. The number of carbonyl (C=O) groups excluding carboxylic acids is 1. The Kier molecular flexibility index (Phi) is 3.94. The van der Waals surface area contributed by atoms with Crippen LogP contribution in [0.5, 0.6) is 0 Å². The summed E-state index contributed by atoms with van der Waals surface area (Å²) >= 11 is 3.47. The van der Waals surface area contributed by atoms with Gasteiger partial charge in [-0.25, -0.2) is 0 Å². The number of aliphatic imine (C=N–C) groups is 1. The van der Waals surface area contributed by atoms with E-state index in [1.54, 1.807) is 11.8 Å². The Morgan fingerprint density at radius 1 is 1.21 bits per heavy atom. The number of amidine groups is 1. The van der Waals surface area contributed by atoms with Crippen LogP contribution in [0.25, 0.3) is 6.08 Å². The lowest BCUT2D eigenvalue weighted by Crippen LogP contribution is -2.34. The summed E-state index contributed by atoms with van der Waals surface area (Å²) in [7, 11) is 0. The average Bonchev–Trinajstić information content (AvgIpc) is 2.87. The van der Waals surface area contributed by atoms with Crippen LogP contribution in [-0.2, 0) is 4.79 Å². The Labute approximate surface area is 121 Å². The molecule has 0 N–H and O–H groups in total. The van der Waals surface area contributed by atoms with Crippen molar-refractivity contribution in [2.24, 2.45) is 4.99 Å². The summed E-state index contributed by atoms with van der Waals surface area (Å²) in [5.74, 6) is 2.53. The summed E-state index contributed by atoms with van der Waals surface area (Å²) < 4.78 is 0. The number of hydrogen-bond acceptors (Lipinski definition) is 4. The summed E-state index contributed by atoms with van der Waals surface area (Å²) in [5.41, 5.74) is 2.43. The molecular formula is C14H14N2OS2. The molecule has 2 aliphatic heterocycles. The van der Waals surface area contributed by atoms with Crippen molar-refractivity contribution in [2.75, 3.05) is 23.8 Å². The van der Waals surface area contributed by atoms with Gasteiger partial charge in [0.15, 0.2) is 5.17 Å². The van der Waals surface area contributed by atoms with Gasteiger partial charge in [0.05, 0.1) is 5.75 Å². The molecule has 19 heavy (non-hydrogen) atoms. The third-order valence-electron chi connectivity index (χ3n) is 2.96. The van der Waals surface area contributed by atoms with Gasteiger partial charge in [0.2, 0.25) is 0 Å². The lowest BCUT2D eigenvalue weighted by Gasteiger charge is -2.30. The molecule has 5 heteroatoms. The van der Waals surface area contributed by atoms with Crippen molar-refractivity contribution >= 4 is 40.7 Å². The molecule has 0 aliphatic carbocycles. The normalized spacial score (nSPS) is 21.9. The number of benzene rings is 1. The fourth-order valence-corrected chi connectivity index (χ4v) is 3.82. The van der Waals surface area contributed by atoms with Crippen LogP contribution in [0.15, 0.2) is 41.0 Å². The van der Waals surface area contributed by atoms with Gasteiger partial charge in [0.1, 0.15) is 0 Å². The first kappa shape index (κ1) is 12.8. The maximum Gasteiger partial charge on any atom is 0.258 e. The molecule has 0 unspecified atom stereocenters. The van der Waals surface area contributed by atoms with Crippen molar-refractivity contribution in [1.29, 1.82) is 0 Å². The molecule has 1 aromatic carbocycles. The maximum absolute atomic E-state index is 11.3. The van der Waals surface area contributed by atoms with E-state index in [-0.39, 0.29) is 5.91 Å². The van der Waals surface area contributed by atoms with E-state index in [1.165, 1.54) is 11.3 Å². The second-order valence-corrected chi connectivity index (χ2v) is 6.38. The van der Waals surface area contributed by atoms with Crippen LogP contribution in [0.1, 0.15) is 5.56 Å². The zero-order valence-corrected chi connectivity index (χ0v) is 12.0. The van der Waals surface area contributed by atoms with E-state index in [1.807, 2.05) is 30.0 Å². The minimum absolute atomic E-state index is 0.0164. The Morgan fingerprint density at radius 3 is 2.79 bits per heavy atom. The highest BCUT2D eigenvalue weighted by molar-refractivity contribution is 8.14. The Hall–Kier alpha value is -1.20. The van der Waals surface area contributed by atoms with Gasteiger partial charge in [-0.15, -0.1) is 0 Å². The molecule has 0 bridgehead atoms. The van der Waals surface area contributed by atoms with Gasteiger partial charge in [-0.05, 0) is 11.6 Å². The molecular weight excluding hydrogens is 276 g/mol. The third-order valence-corrected chi connectivity index (χ3v) is 4.90. The van der Waals surface area contributed by atoms with Crippen LogP contribution in [0.3, 0.4) is 0 Å². The first-order chi connectivity index (χ1) is 9.33. The van der Waals surface area contributed by atoms with E-state index in [9.17, 15) is 4.79 Å². The largest absolute Gasteiger partial charge is 0.323 e. The monoisotopic (exact) mass is 290 g/mol. The van der Waals surface area contributed by atoms with E-state index in [0.29, 0.717) is 5.75 Å². The molecule has 0 saturated carbocycles. The molecule has 3 rings (SSSR count). The van der Waals surface area contributed by atoms with Crippen molar-refractivity contribution in [3.8, 4) is 0 Å². The van der Waals surface area contributed by atoms with Gasteiger partial charge in [-0.2, -0.15) is 16.8 Å². The van der Waals surface area contributed by atoms with Crippen LogP contribution in [0, 0.1) is 0 Å². The van der Waals surface area contributed by atoms with Gasteiger partial charge in [-0.1, -0.05) is 42.1 Å². The average molecular weight is 290 g/mol. The van der Waals surface area contributed by atoms with E-state index in [0.717, 1.165) is 23.2 Å². The number of carbonyl (C=O) groups is 1. The van der Waals surface area contributed by atoms with Gasteiger partial charge in [0.25, 0.3) is 5.91 Å². The predicted octanol–water partition coefficient (Wildman–Crippen LogP) is 2.71. The summed E-state index contributed by atoms with van der Waals surface area (Å²) in [5, 5.41) is 0.868. The molecule has 3 nitrogen and oxygen atoms in total. The molecule has 0 aromatic heterocycles. The molecule has 98 valence electrons. The van der Waals surface area contributed by atoms with E-state index >= 15 is 0 Å². The molecule has 0 radical (unpaired) electrons. The molecule has 2 aliphatic rings. The Morgan fingerprint density at radius 2 is 2.05 bits per heavy atom. The molecule has 2 heterocycles. The first-order valence-electron chi connectivity index (χ1n) is 6.18. The molecule has 0 spiro atoms. The van der Waals surface area contributed by atoms with Crippen LogP contribution in [0.4, 0.5) is 0 Å². The summed E-state index contributed by atoms with van der Waals surface area (Å²) in [4.78, 5) is 17.6. The minimum atomic E-state index is -0.0164. The van der Waals surface area contributed by atoms with Crippen LogP contribution in [0.2, 0.25) is 0 Å². The van der Waals surface area contributed by atoms with E-state index < -0.39 is 0 Å². The van der Waals surface area contributed by atoms with Crippen LogP contribution < -0.4 is 0 Å². The first-order valence-corrected chi connectivity index (χ1v) is 8.32. The smallest absolute Gasteiger partial charge is 0.258 e. The number of nitrogens with zero attached hydrogens (tertiary/aromatic N) is 2. The van der Waals surface area contributed by atoms with E-state index in [2.05, 4.69) is 28.1 Å². The number of rotatable bonds is 1. The lowest BCUT2D eigenvalue weighted by atomic mass is 10.2. The van der Waals surface area contributed by atoms with Crippen LogP contribution >= 0.6 is 23.5 Å². The highest BCUT2D eigenvalue weighted by atomic mass is 32.2. The summed E-state index contributed by atoms with van der Waals surface area (Å²) in [6.07, 6.45) is 2.19. The number of thioether (sulfide) groups is 2. The minimum Gasteiger partial charge on any atom is -0.323 e. The standard InChI is InChI=1S/C14H14N2OS2/c17-13-10-19-14(15-13)16-6-7-18-9-12(16)8-11-4-2-1-3-5-11/h1-5,8H,6-7,9-10H2/b12-8+. The van der Waals surface area contributed by atoms with Crippen molar-refractivity contribution < 1.29 is 4.79 Å². The third kappa shape index (κ3) is 3.04. The van der Waals surface area contributed by atoms with Gasteiger partial charge in [-0.3, -0.25) is 4.79 Å². The molecule has 1 amide bonds. The second-order valence-electron chi connectivity index (χ2n) is 4.33. The van der Waals surface area contributed by atoms with Crippen LogP contribution in [-0.4, -0.2) is 39.8 Å². The second kappa shape index (κ2) is 5.84. The fraction of sp³-hybridized carbons (Fsp3) is 0.286. The zero-order valence-electron chi connectivity index (χ0n) is 10.4. The van der Waals surface area contributed by atoms with Gasteiger partial charge < -0.3 is 4.90 Å². The van der Waals surface area contributed by atoms with Crippen molar-refractivity contribution in [2.45, 2.75) is 0 Å². The Balaban J connectivity index is 1.87. The van der Waals surface area contributed by atoms with E-state index in [4.69, 9.17) is 0 Å². The van der Waals surface area contributed by atoms with Crippen molar-refractivity contribution in [1.82, 2.24) is 4.90 Å². The summed E-state index contributed by atoms with van der Waals surface area (Å²) in [6, 6.07) is 10.3. The van der Waals surface area contributed by atoms with Gasteiger partial charge in [0, 0.05) is 23.7 Å². The Bertz CT molecular complexity index is 540.